The maximum Gasteiger partial charge on any atom is 0.251 e. The SMILES string of the molecule is CC(=O)Nc1cc(NC(C)=O)cc(C(=O)NCc2ccccc2)c1. The Bertz CT molecular complexity index is 723. The summed E-state index contributed by atoms with van der Waals surface area (Å²) in [5.41, 5.74) is 2.21. The average molecular weight is 325 g/mol. The second-order valence-corrected chi connectivity index (χ2v) is 5.33. The summed E-state index contributed by atoms with van der Waals surface area (Å²) >= 11 is 0. The summed E-state index contributed by atoms with van der Waals surface area (Å²) in [4.78, 5) is 34.8. The molecule has 0 atom stereocenters. The zero-order valence-corrected chi connectivity index (χ0v) is 13.6. The van der Waals surface area contributed by atoms with Gasteiger partial charge >= 0.3 is 0 Å². The minimum Gasteiger partial charge on any atom is -0.348 e. The molecular weight excluding hydrogens is 306 g/mol. The Morgan fingerprint density at radius 3 is 1.88 bits per heavy atom. The molecule has 0 fully saturated rings. The van der Waals surface area contributed by atoms with Crippen LogP contribution in [0.4, 0.5) is 11.4 Å². The molecule has 0 saturated carbocycles. The predicted molar refractivity (Wildman–Crippen MR) is 92.7 cm³/mol. The van der Waals surface area contributed by atoms with Crippen molar-refractivity contribution in [3.8, 4) is 0 Å². The molecule has 2 rings (SSSR count). The number of rotatable bonds is 5. The van der Waals surface area contributed by atoms with Crippen LogP contribution in [0.2, 0.25) is 0 Å². The summed E-state index contributed by atoms with van der Waals surface area (Å²) in [5.74, 6) is -0.811. The second-order valence-electron chi connectivity index (χ2n) is 5.33. The Kier molecular flexibility index (Phi) is 5.68. The van der Waals surface area contributed by atoms with Crippen LogP contribution < -0.4 is 16.0 Å². The first kappa shape index (κ1) is 17.2. The van der Waals surface area contributed by atoms with E-state index in [2.05, 4.69) is 16.0 Å². The standard InChI is InChI=1S/C18H19N3O3/c1-12(22)20-16-8-15(9-17(10-16)21-13(2)23)18(24)19-11-14-6-4-3-5-7-14/h3-10H,11H2,1-2H3,(H,19,24)(H,20,22)(H,21,23). The van der Waals surface area contributed by atoms with Gasteiger partial charge in [-0.25, -0.2) is 0 Å². The lowest BCUT2D eigenvalue weighted by Crippen LogP contribution is -2.23. The van der Waals surface area contributed by atoms with Gasteiger partial charge in [0, 0.05) is 37.3 Å². The molecule has 0 heterocycles. The smallest absolute Gasteiger partial charge is 0.251 e. The van der Waals surface area contributed by atoms with Crippen molar-refractivity contribution < 1.29 is 14.4 Å². The van der Waals surface area contributed by atoms with Gasteiger partial charge in [0.05, 0.1) is 0 Å². The Labute approximate surface area is 140 Å². The van der Waals surface area contributed by atoms with Crippen LogP contribution in [0.25, 0.3) is 0 Å². The van der Waals surface area contributed by atoms with E-state index >= 15 is 0 Å². The van der Waals surface area contributed by atoms with Gasteiger partial charge in [0.15, 0.2) is 0 Å². The van der Waals surface area contributed by atoms with Gasteiger partial charge in [0.25, 0.3) is 5.91 Å². The highest BCUT2D eigenvalue weighted by Gasteiger charge is 2.10. The zero-order valence-electron chi connectivity index (χ0n) is 13.6. The van der Waals surface area contributed by atoms with Crippen LogP contribution in [0.3, 0.4) is 0 Å². The maximum atomic E-state index is 12.4. The molecule has 2 aromatic rings. The third-order valence-electron chi connectivity index (χ3n) is 3.13. The molecule has 0 unspecified atom stereocenters. The van der Waals surface area contributed by atoms with E-state index in [1.807, 2.05) is 30.3 Å². The van der Waals surface area contributed by atoms with Crippen molar-refractivity contribution in [3.05, 3.63) is 59.7 Å². The monoisotopic (exact) mass is 325 g/mol. The minimum absolute atomic E-state index is 0.259. The second kappa shape index (κ2) is 7.92. The van der Waals surface area contributed by atoms with Crippen LogP contribution >= 0.6 is 0 Å². The van der Waals surface area contributed by atoms with Gasteiger partial charge in [-0.05, 0) is 23.8 Å². The summed E-state index contributed by atoms with van der Waals surface area (Å²) in [7, 11) is 0. The highest BCUT2D eigenvalue weighted by atomic mass is 16.2. The third kappa shape index (κ3) is 5.24. The van der Waals surface area contributed by atoms with E-state index < -0.39 is 0 Å². The molecular formula is C18H19N3O3. The highest BCUT2D eigenvalue weighted by Crippen LogP contribution is 2.19. The molecule has 0 bridgehead atoms. The highest BCUT2D eigenvalue weighted by molar-refractivity contribution is 5.99. The van der Waals surface area contributed by atoms with Gasteiger partial charge in [0.1, 0.15) is 0 Å². The van der Waals surface area contributed by atoms with Crippen molar-refractivity contribution in [2.75, 3.05) is 10.6 Å². The van der Waals surface area contributed by atoms with E-state index in [-0.39, 0.29) is 17.7 Å². The van der Waals surface area contributed by atoms with E-state index in [9.17, 15) is 14.4 Å². The molecule has 0 spiro atoms. The van der Waals surface area contributed by atoms with Crippen molar-refractivity contribution in [2.24, 2.45) is 0 Å². The normalized spacial score (nSPS) is 9.92. The number of benzene rings is 2. The minimum atomic E-state index is -0.294. The van der Waals surface area contributed by atoms with Crippen LogP contribution in [0.1, 0.15) is 29.8 Å². The molecule has 3 N–H and O–H groups in total. The van der Waals surface area contributed by atoms with Gasteiger partial charge in [-0.1, -0.05) is 30.3 Å². The average Bonchev–Trinajstić information content (AvgIpc) is 2.52. The summed E-state index contributed by atoms with van der Waals surface area (Å²) in [6.07, 6.45) is 0. The molecule has 6 heteroatoms. The number of hydrogen-bond acceptors (Lipinski definition) is 3. The van der Waals surface area contributed by atoms with Crippen LogP contribution in [-0.4, -0.2) is 17.7 Å². The molecule has 0 aliphatic heterocycles. The van der Waals surface area contributed by atoms with Gasteiger partial charge in [-0.3, -0.25) is 14.4 Å². The van der Waals surface area contributed by atoms with Crippen LogP contribution in [-0.2, 0) is 16.1 Å². The first-order valence-electron chi connectivity index (χ1n) is 7.46. The molecule has 2 aromatic carbocycles. The van der Waals surface area contributed by atoms with Crippen molar-refractivity contribution in [1.29, 1.82) is 0 Å². The fraction of sp³-hybridized carbons (Fsp3) is 0.167. The first-order chi connectivity index (χ1) is 11.4. The van der Waals surface area contributed by atoms with E-state index in [0.29, 0.717) is 23.5 Å². The molecule has 0 radical (unpaired) electrons. The number of amides is 3. The van der Waals surface area contributed by atoms with E-state index in [1.54, 1.807) is 18.2 Å². The third-order valence-corrected chi connectivity index (χ3v) is 3.13. The fourth-order valence-electron chi connectivity index (χ4n) is 2.19. The summed E-state index contributed by atoms with van der Waals surface area (Å²) in [5, 5.41) is 8.05. The molecule has 3 amide bonds. The van der Waals surface area contributed by atoms with E-state index in [4.69, 9.17) is 0 Å². The topological polar surface area (TPSA) is 87.3 Å². The summed E-state index contributed by atoms with van der Waals surface area (Å²) in [6, 6.07) is 14.2. The molecule has 24 heavy (non-hydrogen) atoms. The molecule has 0 aliphatic carbocycles. The largest absolute Gasteiger partial charge is 0.348 e. The molecule has 6 nitrogen and oxygen atoms in total. The molecule has 0 aromatic heterocycles. The Balaban J connectivity index is 2.18. The van der Waals surface area contributed by atoms with Gasteiger partial charge in [0.2, 0.25) is 11.8 Å². The lowest BCUT2D eigenvalue weighted by Gasteiger charge is -2.11. The van der Waals surface area contributed by atoms with Gasteiger partial charge in [-0.15, -0.1) is 0 Å². The van der Waals surface area contributed by atoms with Crippen molar-refractivity contribution in [2.45, 2.75) is 20.4 Å². The van der Waals surface area contributed by atoms with Crippen molar-refractivity contribution >= 4 is 29.1 Å². The Morgan fingerprint density at radius 1 is 0.833 bits per heavy atom. The zero-order chi connectivity index (χ0) is 17.5. The Morgan fingerprint density at radius 2 is 1.38 bits per heavy atom. The summed E-state index contributed by atoms with van der Waals surface area (Å²) in [6.45, 7) is 3.14. The summed E-state index contributed by atoms with van der Waals surface area (Å²) < 4.78 is 0. The number of hydrogen-bond donors (Lipinski definition) is 3. The Hall–Kier alpha value is -3.15. The molecule has 0 saturated heterocycles. The van der Waals surface area contributed by atoms with Crippen LogP contribution in [0.5, 0.6) is 0 Å². The maximum absolute atomic E-state index is 12.4. The van der Waals surface area contributed by atoms with E-state index in [1.165, 1.54) is 13.8 Å². The lowest BCUT2D eigenvalue weighted by atomic mass is 10.1. The van der Waals surface area contributed by atoms with Gasteiger partial charge in [-0.2, -0.15) is 0 Å². The van der Waals surface area contributed by atoms with Crippen LogP contribution in [0, 0.1) is 0 Å². The van der Waals surface area contributed by atoms with Crippen LogP contribution in [0.15, 0.2) is 48.5 Å². The predicted octanol–water partition coefficient (Wildman–Crippen LogP) is 2.53. The number of carbonyl (C=O) groups is 3. The number of anilines is 2. The molecule has 124 valence electrons. The quantitative estimate of drug-likeness (QED) is 0.789. The first-order valence-corrected chi connectivity index (χ1v) is 7.46. The fourth-order valence-corrected chi connectivity index (χ4v) is 2.19. The van der Waals surface area contributed by atoms with E-state index in [0.717, 1.165) is 5.56 Å². The van der Waals surface area contributed by atoms with Crippen molar-refractivity contribution in [3.63, 3.8) is 0 Å². The van der Waals surface area contributed by atoms with Crippen molar-refractivity contribution in [1.82, 2.24) is 5.32 Å². The lowest BCUT2D eigenvalue weighted by molar-refractivity contribution is -0.115. The molecule has 0 aliphatic rings. The number of nitrogens with one attached hydrogen (secondary N) is 3. The van der Waals surface area contributed by atoms with Gasteiger partial charge < -0.3 is 16.0 Å². The number of carbonyl (C=O) groups excluding carboxylic acids is 3.